The summed E-state index contributed by atoms with van der Waals surface area (Å²) in [6.45, 7) is 5.68. The second-order valence-electron chi connectivity index (χ2n) is 4.68. The van der Waals surface area contributed by atoms with Crippen LogP contribution in [0.25, 0.3) is 0 Å². The Kier molecular flexibility index (Phi) is 6.98. The largest absolute Gasteiger partial charge is 0.328 e. The molecule has 15 heavy (non-hydrogen) atoms. The van der Waals surface area contributed by atoms with E-state index in [-0.39, 0.29) is 0 Å². The highest BCUT2D eigenvalue weighted by molar-refractivity contribution is 4.82. The number of hydrogen-bond acceptors (Lipinski definition) is 3. The van der Waals surface area contributed by atoms with Crippen LogP contribution in [0.15, 0.2) is 0 Å². The average Bonchev–Trinajstić information content (AvgIpc) is 2.63. The molecule has 3 nitrogen and oxygen atoms in total. The van der Waals surface area contributed by atoms with Crippen molar-refractivity contribution in [1.82, 2.24) is 10.6 Å². The molecule has 0 spiro atoms. The molecular formula is C12H27N3. The lowest BCUT2D eigenvalue weighted by atomic mass is 10.2. The van der Waals surface area contributed by atoms with E-state index in [4.69, 9.17) is 5.73 Å². The van der Waals surface area contributed by atoms with Crippen LogP contribution in [0.2, 0.25) is 0 Å². The molecule has 1 aliphatic carbocycles. The highest BCUT2D eigenvalue weighted by atomic mass is 14.9. The molecule has 1 fully saturated rings. The van der Waals surface area contributed by atoms with Crippen LogP contribution in [0.5, 0.6) is 0 Å². The Hall–Kier alpha value is -0.120. The molecule has 4 N–H and O–H groups in total. The van der Waals surface area contributed by atoms with Crippen molar-refractivity contribution in [2.45, 2.75) is 57.5 Å². The third kappa shape index (κ3) is 6.13. The molecular weight excluding hydrogens is 186 g/mol. The van der Waals surface area contributed by atoms with Crippen LogP contribution in [0.4, 0.5) is 0 Å². The SMILES string of the molecule is CCCCNCCCNC1CCC(N)C1. The molecule has 0 amide bonds. The van der Waals surface area contributed by atoms with Gasteiger partial charge in [0, 0.05) is 12.1 Å². The van der Waals surface area contributed by atoms with Crippen molar-refractivity contribution in [3.8, 4) is 0 Å². The zero-order valence-electron chi connectivity index (χ0n) is 10.1. The summed E-state index contributed by atoms with van der Waals surface area (Å²) in [5, 5.41) is 7.04. The Balaban J connectivity index is 1.81. The molecule has 0 aromatic carbocycles. The number of unbranched alkanes of at least 4 members (excludes halogenated alkanes) is 1. The first-order chi connectivity index (χ1) is 7.33. The van der Waals surface area contributed by atoms with E-state index in [2.05, 4.69) is 17.6 Å². The van der Waals surface area contributed by atoms with Crippen LogP contribution < -0.4 is 16.4 Å². The third-order valence-electron chi connectivity index (χ3n) is 3.14. The summed E-state index contributed by atoms with van der Waals surface area (Å²) in [6.07, 6.45) is 7.45. The van der Waals surface area contributed by atoms with Crippen LogP contribution >= 0.6 is 0 Å². The van der Waals surface area contributed by atoms with Gasteiger partial charge in [0.1, 0.15) is 0 Å². The zero-order chi connectivity index (χ0) is 10.9. The van der Waals surface area contributed by atoms with E-state index in [0.29, 0.717) is 12.1 Å². The minimum atomic E-state index is 0.449. The summed E-state index contributed by atoms with van der Waals surface area (Å²) < 4.78 is 0. The highest BCUT2D eigenvalue weighted by Crippen LogP contribution is 2.16. The predicted molar refractivity (Wildman–Crippen MR) is 66.0 cm³/mol. The fourth-order valence-corrected chi connectivity index (χ4v) is 2.15. The van der Waals surface area contributed by atoms with Crippen molar-refractivity contribution >= 4 is 0 Å². The van der Waals surface area contributed by atoms with Gasteiger partial charge < -0.3 is 16.4 Å². The van der Waals surface area contributed by atoms with Gasteiger partial charge in [-0.2, -0.15) is 0 Å². The molecule has 0 saturated heterocycles. The maximum atomic E-state index is 5.86. The van der Waals surface area contributed by atoms with Gasteiger partial charge in [0.05, 0.1) is 0 Å². The Labute approximate surface area is 94.2 Å². The topological polar surface area (TPSA) is 50.1 Å². The molecule has 2 atom stereocenters. The number of rotatable bonds is 8. The quantitative estimate of drug-likeness (QED) is 0.532. The summed E-state index contributed by atoms with van der Waals surface area (Å²) >= 11 is 0. The van der Waals surface area contributed by atoms with E-state index in [1.807, 2.05) is 0 Å². The number of hydrogen-bond donors (Lipinski definition) is 3. The van der Waals surface area contributed by atoms with Crippen molar-refractivity contribution < 1.29 is 0 Å². The van der Waals surface area contributed by atoms with Gasteiger partial charge in [0.15, 0.2) is 0 Å². The van der Waals surface area contributed by atoms with Crippen LogP contribution in [-0.4, -0.2) is 31.7 Å². The smallest absolute Gasteiger partial charge is 0.00823 e. The molecule has 0 radical (unpaired) electrons. The number of nitrogens with two attached hydrogens (primary N) is 1. The van der Waals surface area contributed by atoms with E-state index in [1.54, 1.807) is 0 Å². The Bertz CT molecular complexity index is 150. The van der Waals surface area contributed by atoms with E-state index in [1.165, 1.54) is 45.1 Å². The monoisotopic (exact) mass is 213 g/mol. The minimum Gasteiger partial charge on any atom is -0.328 e. The second-order valence-corrected chi connectivity index (χ2v) is 4.68. The zero-order valence-corrected chi connectivity index (χ0v) is 10.1. The average molecular weight is 213 g/mol. The Morgan fingerprint density at radius 1 is 1.13 bits per heavy atom. The fraction of sp³-hybridized carbons (Fsp3) is 1.00. The Morgan fingerprint density at radius 2 is 1.93 bits per heavy atom. The van der Waals surface area contributed by atoms with Gasteiger partial charge in [-0.3, -0.25) is 0 Å². The maximum absolute atomic E-state index is 5.86. The van der Waals surface area contributed by atoms with Gasteiger partial charge in [0.25, 0.3) is 0 Å². The van der Waals surface area contributed by atoms with E-state index >= 15 is 0 Å². The lowest BCUT2D eigenvalue weighted by Gasteiger charge is -2.12. The molecule has 3 heteroatoms. The maximum Gasteiger partial charge on any atom is 0.00823 e. The molecule has 0 aliphatic heterocycles. The molecule has 1 saturated carbocycles. The Morgan fingerprint density at radius 3 is 2.60 bits per heavy atom. The first-order valence-electron chi connectivity index (χ1n) is 6.52. The van der Waals surface area contributed by atoms with Gasteiger partial charge in [0.2, 0.25) is 0 Å². The minimum absolute atomic E-state index is 0.449. The van der Waals surface area contributed by atoms with Crippen LogP contribution in [0, 0.1) is 0 Å². The molecule has 1 aliphatic rings. The van der Waals surface area contributed by atoms with Gasteiger partial charge in [-0.15, -0.1) is 0 Å². The van der Waals surface area contributed by atoms with Crippen molar-refractivity contribution in [1.29, 1.82) is 0 Å². The normalized spacial score (nSPS) is 26.0. The van der Waals surface area contributed by atoms with E-state index in [9.17, 15) is 0 Å². The lowest BCUT2D eigenvalue weighted by molar-refractivity contribution is 0.497. The standard InChI is InChI=1S/C12H27N3/c1-2-3-7-14-8-4-9-15-12-6-5-11(13)10-12/h11-12,14-15H,2-10,13H2,1H3. The lowest BCUT2D eigenvalue weighted by Crippen LogP contribution is -2.31. The summed E-state index contributed by atoms with van der Waals surface area (Å²) in [4.78, 5) is 0. The van der Waals surface area contributed by atoms with Gasteiger partial charge >= 0.3 is 0 Å². The molecule has 90 valence electrons. The van der Waals surface area contributed by atoms with Crippen molar-refractivity contribution in [2.24, 2.45) is 5.73 Å². The predicted octanol–water partition coefficient (Wildman–Crippen LogP) is 1.24. The van der Waals surface area contributed by atoms with Crippen molar-refractivity contribution in [2.75, 3.05) is 19.6 Å². The molecule has 0 heterocycles. The van der Waals surface area contributed by atoms with Crippen molar-refractivity contribution in [3.05, 3.63) is 0 Å². The summed E-state index contributed by atoms with van der Waals surface area (Å²) in [6, 6.07) is 1.14. The molecule has 1 rings (SSSR count). The second kappa shape index (κ2) is 8.08. The van der Waals surface area contributed by atoms with Crippen LogP contribution in [0.3, 0.4) is 0 Å². The molecule has 0 aromatic rings. The van der Waals surface area contributed by atoms with Crippen LogP contribution in [-0.2, 0) is 0 Å². The van der Waals surface area contributed by atoms with E-state index in [0.717, 1.165) is 13.1 Å². The molecule has 0 aromatic heterocycles. The van der Waals surface area contributed by atoms with Gasteiger partial charge in [-0.1, -0.05) is 13.3 Å². The van der Waals surface area contributed by atoms with Crippen molar-refractivity contribution in [3.63, 3.8) is 0 Å². The third-order valence-corrected chi connectivity index (χ3v) is 3.14. The summed E-state index contributed by atoms with van der Waals surface area (Å²) in [7, 11) is 0. The number of nitrogens with one attached hydrogen (secondary N) is 2. The van der Waals surface area contributed by atoms with Crippen LogP contribution in [0.1, 0.15) is 45.4 Å². The van der Waals surface area contributed by atoms with E-state index < -0.39 is 0 Å². The first kappa shape index (κ1) is 12.9. The molecule has 0 bridgehead atoms. The van der Waals surface area contributed by atoms with Gasteiger partial charge in [-0.05, 0) is 51.7 Å². The molecule has 2 unspecified atom stereocenters. The summed E-state index contributed by atoms with van der Waals surface area (Å²) in [5.74, 6) is 0. The van der Waals surface area contributed by atoms with Gasteiger partial charge in [-0.25, -0.2) is 0 Å². The fourth-order valence-electron chi connectivity index (χ4n) is 2.15. The first-order valence-corrected chi connectivity index (χ1v) is 6.52. The highest BCUT2D eigenvalue weighted by Gasteiger charge is 2.20. The summed E-state index contributed by atoms with van der Waals surface area (Å²) in [5.41, 5.74) is 5.86.